The quantitative estimate of drug-likeness (QED) is 0.815. The van der Waals surface area contributed by atoms with Crippen LogP contribution in [0.1, 0.15) is 24.5 Å². The minimum Gasteiger partial charge on any atom is -0.508 e. The van der Waals surface area contributed by atoms with Crippen molar-refractivity contribution in [3.8, 4) is 5.75 Å². The van der Waals surface area contributed by atoms with Crippen LogP contribution in [-0.4, -0.2) is 11.1 Å². The Morgan fingerprint density at radius 1 is 1.15 bits per heavy atom. The van der Waals surface area contributed by atoms with Crippen molar-refractivity contribution in [1.29, 1.82) is 0 Å². The summed E-state index contributed by atoms with van der Waals surface area (Å²) in [5.41, 5.74) is 3.63. The van der Waals surface area contributed by atoms with Crippen molar-refractivity contribution in [3.63, 3.8) is 0 Å². The second-order valence-corrected chi connectivity index (χ2v) is 6.09. The number of aryl methyl sites for hydroxylation is 2. The molecule has 0 fully saturated rings. The van der Waals surface area contributed by atoms with Crippen molar-refractivity contribution in [2.75, 3.05) is 5.32 Å². The summed E-state index contributed by atoms with van der Waals surface area (Å²) in [6.07, 6.45) is 2.04. The molecule has 1 unspecified atom stereocenters. The first-order chi connectivity index (χ1) is 9.54. The van der Waals surface area contributed by atoms with Crippen LogP contribution in [0.2, 0.25) is 0 Å². The van der Waals surface area contributed by atoms with Crippen LogP contribution in [-0.2, 0) is 6.42 Å². The van der Waals surface area contributed by atoms with Crippen molar-refractivity contribution in [2.45, 2.75) is 32.7 Å². The Bertz CT molecular complexity index is 566. The number of phenols is 1. The smallest absolute Gasteiger partial charge is 0.115 e. The van der Waals surface area contributed by atoms with E-state index in [0.717, 1.165) is 23.0 Å². The molecule has 0 radical (unpaired) electrons. The van der Waals surface area contributed by atoms with Gasteiger partial charge in [-0.2, -0.15) is 0 Å². The van der Waals surface area contributed by atoms with E-state index in [2.05, 4.69) is 53.3 Å². The Hall–Kier alpha value is -1.48. The maximum Gasteiger partial charge on any atom is 0.115 e. The minimum atomic E-state index is 0.323. The summed E-state index contributed by atoms with van der Waals surface area (Å²) in [5.74, 6) is 0.323. The lowest BCUT2D eigenvalue weighted by molar-refractivity contribution is 0.475. The molecule has 2 aromatic rings. The van der Waals surface area contributed by atoms with Crippen molar-refractivity contribution < 1.29 is 5.11 Å². The topological polar surface area (TPSA) is 32.3 Å². The molecule has 0 saturated heterocycles. The maximum atomic E-state index is 9.26. The minimum absolute atomic E-state index is 0.323. The standard InChI is InChI=1S/C17H20BrNO/c1-12-3-10-17(16(18)11-12)19-13(2)4-5-14-6-8-15(20)9-7-14/h3,6-11,13,19-20H,4-5H2,1-2H3. The zero-order chi connectivity index (χ0) is 14.5. The third-order valence-electron chi connectivity index (χ3n) is 3.33. The average Bonchev–Trinajstić information content (AvgIpc) is 2.41. The molecule has 106 valence electrons. The van der Waals surface area contributed by atoms with E-state index in [9.17, 15) is 5.11 Å². The highest BCUT2D eigenvalue weighted by Crippen LogP contribution is 2.24. The molecule has 0 bridgehead atoms. The number of hydrogen-bond acceptors (Lipinski definition) is 2. The molecular formula is C17H20BrNO. The van der Waals surface area contributed by atoms with Gasteiger partial charge >= 0.3 is 0 Å². The third-order valence-corrected chi connectivity index (χ3v) is 3.98. The molecule has 2 rings (SSSR count). The second-order valence-electron chi connectivity index (χ2n) is 5.23. The molecule has 1 atom stereocenters. The number of hydrogen-bond donors (Lipinski definition) is 2. The molecule has 0 heterocycles. The van der Waals surface area contributed by atoms with Gasteiger partial charge in [0, 0.05) is 16.2 Å². The molecule has 2 N–H and O–H groups in total. The van der Waals surface area contributed by atoms with Gasteiger partial charge in [-0.25, -0.2) is 0 Å². The van der Waals surface area contributed by atoms with Gasteiger partial charge in [0.05, 0.1) is 0 Å². The lowest BCUT2D eigenvalue weighted by Gasteiger charge is -2.17. The summed E-state index contributed by atoms with van der Waals surface area (Å²) in [5, 5.41) is 12.8. The molecule has 0 aliphatic heterocycles. The fraction of sp³-hybridized carbons (Fsp3) is 0.294. The van der Waals surface area contributed by atoms with E-state index < -0.39 is 0 Å². The summed E-state index contributed by atoms with van der Waals surface area (Å²) in [4.78, 5) is 0. The van der Waals surface area contributed by atoms with Crippen LogP contribution in [0.25, 0.3) is 0 Å². The number of phenolic OH excluding ortho intramolecular Hbond substituents is 1. The average molecular weight is 334 g/mol. The maximum absolute atomic E-state index is 9.26. The normalized spacial score (nSPS) is 12.2. The molecule has 0 amide bonds. The molecule has 0 aromatic heterocycles. The zero-order valence-electron chi connectivity index (χ0n) is 11.9. The second kappa shape index (κ2) is 6.80. The molecule has 0 spiro atoms. The van der Waals surface area contributed by atoms with Crippen LogP contribution in [0.15, 0.2) is 46.9 Å². The van der Waals surface area contributed by atoms with Gasteiger partial charge in [-0.05, 0) is 78.0 Å². The summed E-state index contributed by atoms with van der Waals surface area (Å²) in [6, 6.07) is 14.2. The first-order valence-corrected chi connectivity index (χ1v) is 7.64. The number of anilines is 1. The fourth-order valence-corrected chi connectivity index (χ4v) is 2.73. The Kier molecular flexibility index (Phi) is 5.07. The highest BCUT2D eigenvalue weighted by atomic mass is 79.9. The van der Waals surface area contributed by atoms with E-state index in [-0.39, 0.29) is 0 Å². The van der Waals surface area contributed by atoms with E-state index in [1.165, 1.54) is 11.1 Å². The SMILES string of the molecule is Cc1ccc(NC(C)CCc2ccc(O)cc2)c(Br)c1. The molecule has 0 aliphatic carbocycles. The van der Waals surface area contributed by atoms with Crippen LogP contribution in [0.4, 0.5) is 5.69 Å². The monoisotopic (exact) mass is 333 g/mol. The van der Waals surface area contributed by atoms with Crippen molar-refractivity contribution >= 4 is 21.6 Å². The van der Waals surface area contributed by atoms with Gasteiger partial charge in [0.2, 0.25) is 0 Å². The molecular weight excluding hydrogens is 314 g/mol. The molecule has 20 heavy (non-hydrogen) atoms. The number of halogens is 1. The summed E-state index contributed by atoms with van der Waals surface area (Å²) in [7, 11) is 0. The number of benzene rings is 2. The Labute approximate surface area is 129 Å². The van der Waals surface area contributed by atoms with Gasteiger partial charge in [0.1, 0.15) is 5.75 Å². The van der Waals surface area contributed by atoms with Crippen molar-refractivity contribution in [3.05, 3.63) is 58.1 Å². The highest BCUT2D eigenvalue weighted by Gasteiger charge is 2.06. The fourth-order valence-electron chi connectivity index (χ4n) is 2.12. The molecule has 2 aromatic carbocycles. The van der Waals surface area contributed by atoms with E-state index in [1.807, 2.05) is 12.1 Å². The van der Waals surface area contributed by atoms with Gasteiger partial charge in [-0.1, -0.05) is 18.2 Å². The Morgan fingerprint density at radius 3 is 2.50 bits per heavy atom. The molecule has 2 nitrogen and oxygen atoms in total. The largest absolute Gasteiger partial charge is 0.508 e. The van der Waals surface area contributed by atoms with E-state index in [1.54, 1.807) is 12.1 Å². The van der Waals surface area contributed by atoms with Crippen LogP contribution in [0.3, 0.4) is 0 Å². The van der Waals surface area contributed by atoms with Gasteiger partial charge in [0.15, 0.2) is 0 Å². The van der Waals surface area contributed by atoms with Crippen molar-refractivity contribution in [1.82, 2.24) is 0 Å². The first-order valence-electron chi connectivity index (χ1n) is 6.85. The third kappa shape index (κ3) is 4.27. The van der Waals surface area contributed by atoms with Gasteiger partial charge in [-0.3, -0.25) is 0 Å². The van der Waals surface area contributed by atoms with Gasteiger partial charge < -0.3 is 10.4 Å². The van der Waals surface area contributed by atoms with Gasteiger partial charge in [0.25, 0.3) is 0 Å². The van der Waals surface area contributed by atoms with Crippen LogP contribution < -0.4 is 5.32 Å². The number of aromatic hydroxyl groups is 1. The van der Waals surface area contributed by atoms with Crippen LogP contribution in [0, 0.1) is 6.92 Å². The number of rotatable bonds is 5. The Morgan fingerprint density at radius 2 is 1.85 bits per heavy atom. The molecule has 0 aliphatic rings. The summed E-state index contributed by atoms with van der Waals surface area (Å²) in [6.45, 7) is 4.27. The molecule has 3 heteroatoms. The van der Waals surface area contributed by atoms with Gasteiger partial charge in [-0.15, -0.1) is 0 Å². The zero-order valence-corrected chi connectivity index (χ0v) is 13.4. The summed E-state index contributed by atoms with van der Waals surface area (Å²) >= 11 is 3.59. The predicted octanol–water partition coefficient (Wildman–Crippen LogP) is 4.90. The summed E-state index contributed by atoms with van der Waals surface area (Å²) < 4.78 is 1.11. The van der Waals surface area contributed by atoms with E-state index in [0.29, 0.717) is 11.8 Å². The van der Waals surface area contributed by atoms with Crippen LogP contribution in [0.5, 0.6) is 5.75 Å². The molecule has 0 saturated carbocycles. The van der Waals surface area contributed by atoms with E-state index >= 15 is 0 Å². The highest BCUT2D eigenvalue weighted by molar-refractivity contribution is 9.10. The Balaban J connectivity index is 1.89. The van der Waals surface area contributed by atoms with Crippen molar-refractivity contribution in [2.24, 2.45) is 0 Å². The lowest BCUT2D eigenvalue weighted by Crippen LogP contribution is -2.16. The van der Waals surface area contributed by atoms with Crippen LogP contribution >= 0.6 is 15.9 Å². The number of nitrogens with one attached hydrogen (secondary N) is 1. The van der Waals surface area contributed by atoms with E-state index in [4.69, 9.17) is 0 Å². The lowest BCUT2D eigenvalue weighted by atomic mass is 10.1. The predicted molar refractivity (Wildman–Crippen MR) is 88.4 cm³/mol. The first kappa shape index (κ1) is 14.9.